The Labute approximate surface area is 185 Å². The molecule has 1 fully saturated rings. The van der Waals surface area contributed by atoms with Gasteiger partial charge >= 0.3 is 0 Å². The minimum absolute atomic E-state index is 0.0658. The highest BCUT2D eigenvalue weighted by atomic mass is 16.5. The zero-order chi connectivity index (χ0) is 23.2. The molecule has 3 rings (SSSR count). The van der Waals surface area contributed by atoms with Gasteiger partial charge in [0.1, 0.15) is 12.3 Å². The number of rotatable bonds is 5. The van der Waals surface area contributed by atoms with Gasteiger partial charge in [0.05, 0.1) is 17.3 Å². The maximum absolute atomic E-state index is 12.4. The van der Waals surface area contributed by atoms with E-state index in [4.69, 9.17) is 5.26 Å². The van der Waals surface area contributed by atoms with Gasteiger partial charge in [-0.1, -0.05) is 45.0 Å². The van der Waals surface area contributed by atoms with E-state index in [1.807, 2.05) is 46.8 Å². The summed E-state index contributed by atoms with van der Waals surface area (Å²) in [6, 6.07) is 10.6. The minimum Gasteiger partial charge on any atom is -0.365 e. The summed E-state index contributed by atoms with van der Waals surface area (Å²) < 4.78 is 4.46. The zero-order valence-electron chi connectivity index (χ0n) is 19.2. The van der Waals surface area contributed by atoms with Gasteiger partial charge in [0.15, 0.2) is 0 Å². The Morgan fingerprint density at radius 3 is 2.42 bits per heavy atom. The lowest BCUT2D eigenvalue weighted by Crippen LogP contribution is -2.46. The van der Waals surface area contributed by atoms with Crippen molar-refractivity contribution in [3.8, 4) is 6.07 Å². The molecule has 1 unspecified atom stereocenters. The van der Waals surface area contributed by atoms with Crippen LogP contribution in [0.3, 0.4) is 0 Å². The SMILES string of the molecule is CC.CC(C)CC(=O)N1CCCC1C(=O)NCc1ccc(C#N)cc1.Cc1ccon1. The average Bonchev–Trinajstić information content (AvgIpc) is 3.45. The minimum atomic E-state index is -0.348. The van der Waals surface area contributed by atoms with Crippen molar-refractivity contribution in [2.75, 3.05) is 6.54 Å². The number of nitrogens with zero attached hydrogens (tertiary/aromatic N) is 3. The molecule has 1 aliphatic heterocycles. The van der Waals surface area contributed by atoms with Gasteiger partial charge in [-0.25, -0.2) is 0 Å². The molecule has 1 aromatic heterocycles. The average molecular weight is 427 g/mol. The maximum atomic E-state index is 12.4. The molecule has 7 heteroatoms. The van der Waals surface area contributed by atoms with Gasteiger partial charge in [-0.15, -0.1) is 0 Å². The van der Waals surface area contributed by atoms with Gasteiger partial charge < -0.3 is 14.7 Å². The molecular weight excluding hydrogens is 392 g/mol. The van der Waals surface area contributed by atoms with Crippen molar-refractivity contribution in [1.82, 2.24) is 15.4 Å². The zero-order valence-corrected chi connectivity index (χ0v) is 19.2. The van der Waals surface area contributed by atoms with E-state index in [1.54, 1.807) is 29.4 Å². The third kappa shape index (κ3) is 9.04. The summed E-state index contributed by atoms with van der Waals surface area (Å²) in [6.07, 6.45) is 3.64. The molecule has 0 saturated carbocycles. The van der Waals surface area contributed by atoms with Crippen molar-refractivity contribution >= 4 is 11.8 Å². The van der Waals surface area contributed by atoms with Crippen molar-refractivity contribution in [3.63, 3.8) is 0 Å². The van der Waals surface area contributed by atoms with Crippen LogP contribution in [0, 0.1) is 24.2 Å². The summed E-state index contributed by atoms with van der Waals surface area (Å²) in [4.78, 5) is 26.3. The predicted octanol–water partition coefficient (Wildman–Crippen LogP) is 4.22. The van der Waals surface area contributed by atoms with Crippen LogP contribution in [0.1, 0.15) is 63.8 Å². The molecule has 1 aromatic carbocycles. The van der Waals surface area contributed by atoms with E-state index in [0.29, 0.717) is 31.0 Å². The third-order valence-electron chi connectivity index (χ3n) is 4.58. The van der Waals surface area contributed by atoms with Crippen molar-refractivity contribution in [1.29, 1.82) is 5.26 Å². The summed E-state index contributed by atoms with van der Waals surface area (Å²) in [5.74, 6) is 0.269. The number of aryl methyl sites for hydroxylation is 1. The van der Waals surface area contributed by atoms with Crippen LogP contribution in [0.4, 0.5) is 0 Å². The topological polar surface area (TPSA) is 99.2 Å². The molecule has 0 bridgehead atoms. The first kappa shape index (κ1) is 25.9. The fourth-order valence-corrected chi connectivity index (χ4v) is 3.08. The monoisotopic (exact) mass is 426 g/mol. The Hall–Kier alpha value is -3.14. The lowest BCUT2D eigenvalue weighted by Gasteiger charge is -2.24. The third-order valence-corrected chi connectivity index (χ3v) is 4.58. The van der Waals surface area contributed by atoms with Crippen molar-refractivity contribution < 1.29 is 14.1 Å². The first-order valence-electron chi connectivity index (χ1n) is 10.8. The lowest BCUT2D eigenvalue weighted by molar-refractivity contribution is -0.139. The van der Waals surface area contributed by atoms with E-state index in [-0.39, 0.29) is 17.9 Å². The van der Waals surface area contributed by atoms with Gasteiger partial charge in [-0.2, -0.15) is 5.26 Å². The molecule has 0 radical (unpaired) electrons. The van der Waals surface area contributed by atoms with Crippen LogP contribution in [-0.2, 0) is 16.1 Å². The van der Waals surface area contributed by atoms with Crippen molar-refractivity contribution in [2.24, 2.45) is 5.92 Å². The number of hydrogen-bond donors (Lipinski definition) is 1. The highest BCUT2D eigenvalue weighted by Crippen LogP contribution is 2.20. The molecule has 2 heterocycles. The van der Waals surface area contributed by atoms with Crippen LogP contribution in [0.15, 0.2) is 41.1 Å². The van der Waals surface area contributed by atoms with E-state index in [0.717, 1.165) is 24.1 Å². The van der Waals surface area contributed by atoms with E-state index < -0.39 is 0 Å². The maximum Gasteiger partial charge on any atom is 0.243 e. The van der Waals surface area contributed by atoms with E-state index in [1.165, 1.54) is 0 Å². The van der Waals surface area contributed by atoms with Gasteiger partial charge in [0.25, 0.3) is 0 Å². The van der Waals surface area contributed by atoms with E-state index in [2.05, 4.69) is 21.1 Å². The number of benzene rings is 1. The Bertz CT molecular complexity index is 824. The first-order valence-corrected chi connectivity index (χ1v) is 10.8. The van der Waals surface area contributed by atoms with Crippen LogP contribution in [0.5, 0.6) is 0 Å². The van der Waals surface area contributed by atoms with Crippen molar-refractivity contribution in [2.45, 2.75) is 66.5 Å². The molecule has 31 heavy (non-hydrogen) atoms. The van der Waals surface area contributed by atoms with Crippen LogP contribution >= 0.6 is 0 Å². The molecular formula is C24H34N4O3. The molecule has 168 valence electrons. The number of carbonyl (C=O) groups excluding carboxylic acids is 2. The van der Waals surface area contributed by atoms with Gasteiger partial charge in [0, 0.05) is 25.6 Å². The van der Waals surface area contributed by atoms with E-state index in [9.17, 15) is 9.59 Å². The molecule has 0 spiro atoms. The van der Waals surface area contributed by atoms with Gasteiger partial charge in [0.2, 0.25) is 11.8 Å². The lowest BCUT2D eigenvalue weighted by atomic mass is 10.1. The summed E-state index contributed by atoms with van der Waals surface area (Å²) in [5, 5.41) is 15.2. The Morgan fingerprint density at radius 1 is 1.26 bits per heavy atom. The molecule has 1 aliphatic rings. The van der Waals surface area contributed by atoms with Crippen molar-refractivity contribution in [3.05, 3.63) is 53.4 Å². The van der Waals surface area contributed by atoms with Crippen LogP contribution in [-0.4, -0.2) is 34.5 Å². The number of carbonyl (C=O) groups is 2. The molecule has 7 nitrogen and oxygen atoms in total. The smallest absolute Gasteiger partial charge is 0.243 e. The molecule has 1 saturated heterocycles. The van der Waals surface area contributed by atoms with Crippen LogP contribution < -0.4 is 5.32 Å². The summed E-state index contributed by atoms with van der Waals surface area (Å²) in [7, 11) is 0. The Kier molecular flexibility index (Phi) is 11.7. The van der Waals surface area contributed by atoms with Gasteiger partial charge in [-0.3, -0.25) is 9.59 Å². The highest BCUT2D eigenvalue weighted by molar-refractivity contribution is 5.88. The van der Waals surface area contributed by atoms with Gasteiger partial charge in [-0.05, 0) is 43.4 Å². The van der Waals surface area contributed by atoms with E-state index >= 15 is 0 Å². The Balaban J connectivity index is 0.000000508. The molecule has 1 atom stereocenters. The second kappa shape index (κ2) is 14.0. The Morgan fingerprint density at radius 2 is 1.94 bits per heavy atom. The number of nitrogens with one attached hydrogen (secondary N) is 1. The standard InChI is InChI=1S/C18H23N3O2.C4H5NO.C2H6/c1-13(2)10-17(22)21-9-3-4-16(21)18(23)20-12-15-7-5-14(11-19)6-8-15;1-4-2-3-6-5-4;1-2/h5-8,13,16H,3-4,9-10,12H2,1-2H3,(H,20,23);2-3H,1H3;1-2H3. The first-order chi connectivity index (χ1) is 14.9. The molecule has 1 N–H and O–H groups in total. The second-order valence-corrected chi connectivity index (χ2v) is 7.51. The summed E-state index contributed by atoms with van der Waals surface area (Å²) in [5.41, 5.74) is 2.46. The number of amides is 2. The molecule has 2 aromatic rings. The number of likely N-dealkylation sites (tertiary alicyclic amines) is 1. The summed E-state index contributed by atoms with van der Waals surface area (Å²) in [6.45, 7) is 11.0. The quantitative estimate of drug-likeness (QED) is 0.772. The predicted molar refractivity (Wildman–Crippen MR) is 120 cm³/mol. The summed E-state index contributed by atoms with van der Waals surface area (Å²) >= 11 is 0. The normalized spacial score (nSPS) is 14.6. The molecule has 2 amide bonds. The fourth-order valence-electron chi connectivity index (χ4n) is 3.08. The number of hydrogen-bond acceptors (Lipinski definition) is 5. The van der Waals surface area contributed by atoms with Crippen LogP contribution in [0.2, 0.25) is 0 Å². The number of nitriles is 1. The van der Waals surface area contributed by atoms with Crippen LogP contribution in [0.25, 0.3) is 0 Å². The number of aromatic nitrogens is 1. The second-order valence-electron chi connectivity index (χ2n) is 7.51. The largest absolute Gasteiger partial charge is 0.365 e. The highest BCUT2D eigenvalue weighted by Gasteiger charge is 2.33. The molecule has 0 aliphatic carbocycles. The fraction of sp³-hybridized carbons (Fsp3) is 0.500.